The molecule has 6 heteroatoms. The number of hydrogen-bond acceptors (Lipinski definition) is 4. The highest BCUT2D eigenvalue weighted by atomic mass is 35.5. The van der Waals surface area contributed by atoms with Crippen molar-refractivity contribution in [3.05, 3.63) is 28.0 Å². The van der Waals surface area contributed by atoms with Crippen LogP contribution in [0.5, 0.6) is 5.75 Å². The zero-order chi connectivity index (χ0) is 12.5. The average molecular weight is 249 g/mol. The highest BCUT2D eigenvalue weighted by Crippen LogP contribution is 2.34. The van der Waals surface area contributed by atoms with Crippen molar-refractivity contribution in [1.29, 1.82) is 0 Å². The first-order valence-corrected chi connectivity index (χ1v) is 4.71. The number of halogens is 2. The predicted octanol–water partition coefficient (Wildman–Crippen LogP) is 1.70. The van der Waals surface area contributed by atoms with Crippen LogP contribution in [0.1, 0.15) is 17.2 Å². The number of aromatic hydroxyl groups is 1. The number of carbonyl (C=O) groups excluding carboxylic acids is 1. The number of aliphatic hydroxyl groups excluding tert-OH is 1. The Labute approximate surface area is 96.2 Å². The molecule has 1 atom stereocenters. The number of carbonyl (C=O) groups is 1. The lowest BCUT2D eigenvalue weighted by Gasteiger charge is -2.12. The van der Waals surface area contributed by atoms with Gasteiger partial charge in [0.2, 0.25) is 0 Å². The van der Waals surface area contributed by atoms with E-state index in [0.717, 1.165) is 7.11 Å². The maximum absolute atomic E-state index is 13.5. The maximum Gasteiger partial charge on any atom is 0.339 e. The summed E-state index contributed by atoms with van der Waals surface area (Å²) < 4.78 is 17.7. The van der Waals surface area contributed by atoms with Crippen molar-refractivity contribution in [1.82, 2.24) is 0 Å². The molecule has 16 heavy (non-hydrogen) atoms. The smallest absolute Gasteiger partial charge is 0.339 e. The van der Waals surface area contributed by atoms with Crippen molar-refractivity contribution in [2.24, 2.45) is 0 Å². The third-order valence-electron chi connectivity index (χ3n) is 2.11. The predicted molar refractivity (Wildman–Crippen MR) is 54.8 cm³/mol. The van der Waals surface area contributed by atoms with Crippen LogP contribution in [0, 0.1) is 12.7 Å². The summed E-state index contributed by atoms with van der Waals surface area (Å²) >= 11 is 5.59. The Kier molecular flexibility index (Phi) is 3.72. The molecule has 1 rings (SSSR count). The van der Waals surface area contributed by atoms with Crippen LogP contribution in [0.2, 0.25) is 5.02 Å². The van der Waals surface area contributed by atoms with Crippen molar-refractivity contribution < 1.29 is 24.1 Å². The van der Waals surface area contributed by atoms with E-state index in [4.69, 9.17) is 11.6 Å². The van der Waals surface area contributed by atoms with Crippen molar-refractivity contribution in [3.8, 4) is 5.75 Å². The highest BCUT2D eigenvalue weighted by molar-refractivity contribution is 6.32. The second kappa shape index (κ2) is 4.67. The van der Waals surface area contributed by atoms with Gasteiger partial charge in [-0.2, -0.15) is 0 Å². The lowest BCUT2D eigenvalue weighted by atomic mass is 10.0. The molecule has 0 saturated carbocycles. The number of ether oxygens (including phenoxy) is 1. The van der Waals surface area contributed by atoms with Crippen LogP contribution in [0.25, 0.3) is 0 Å². The summed E-state index contributed by atoms with van der Waals surface area (Å²) in [6, 6.07) is 1.18. The maximum atomic E-state index is 13.5. The Morgan fingerprint density at radius 3 is 2.69 bits per heavy atom. The first-order chi connectivity index (χ1) is 7.40. The summed E-state index contributed by atoms with van der Waals surface area (Å²) in [5.74, 6) is -2.94. The van der Waals surface area contributed by atoms with Gasteiger partial charge in [-0.25, -0.2) is 9.18 Å². The molecular formula is C10H10ClFO4. The van der Waals surface area contributed by atoms with Gasteiger partial charge in [-0.15, -0.1) is 0 Å². The Bertz CT molecular complexity index is 433. The second-order valence-electron chi connectivity index (χ2n) is 3.18. The van der Waals surface area contributed by atoms with E-state index in [1.165, 1.54) is 13.0 Å². The molecule has 0 aliphatic heterocycles. The molecule has 1 aromatic carbocycles. The summed E-state index contributed by atoms with van der Waals surface area (Å²) in [5, 5.41) is 18.6. The van der Waals surface area contributed by atoms with Gasteiger partial charge in [0.15, 0.2) is 17.7 Å². The van der Waals surface area contributed by atoms with Crippen molar-refractivity contribution >= 4 is 17.6 Å². The minimum absolute atomic E-state index is 0.154. The second-order valence-corrected chi connectivity index (χ2v) is 3.56. The van der Waals surface area contributed by atoms with Gasteiger partial charge in [-0.05, 0) is 18.6 Å². The Balaban J connectivity index is 3.30. The summed E-state index contributed by atoms with van der Waals surface area (Å²) in [6.45, 7) is 1.51. The van der Waals surface area contributed by atoms with Crippen LogP contribution in [-0.4, -0.2) is 23.3 Å². The Morgan fingerprint density at radius 2 is 2.19 bits per heavy atom. The minimum atomic E-state index is -1.79. The van der Waals surface area contributed by atoms with Gasteiger partial charge in [-0.3, -0.25) is 0 Å². The van der Waals surface area contributed by atoms with E-state index < -0.39 is 23.6 Å². The summed E-state index contributed by atoms with van der Waals surface area (Å²) in [5.41, 5.74) is -0.0234. The monoisotopic (exact) mass is 248 g/mol. The average Bonchev–Trinajstić information content (AvgIpc) is 2.29. The number of aliphatic hydroxyl groups is 1. The van der Waals surface area contributed by atoms with Gasteiger partial charge in [0, 0.05) is 5.56 Å². The summed E-state index contributed by atoms with van der Waals surface area (Å²) in [7, 11) is 1.06. The van der Waals surface area contributed by atoms with Gasteiger partial charge in [0.05, 0.1) is 12.1 Å². The molecule has 0 heterocycles. The molecule has 0 radical (unpaired) electrons. The number of benzene rings is 1. The number of hydrogen-bond donors (Lipinski definition) is 2. The number of phenols is 1. The molecule has 0 aromatic heterocycles. The SMILES string of the molecule is COC(=O)C(O)c1cc(C)c(Cl)c(O)c1F. The van der Waals surface area contributed by atoms with E-state index in [2.05, 4.69) is 4.74 Å². The van der Waals surface area contributed by atoms with E-state index >= 15 is 0 Å². The fourth-order valence-electron chi connectivity index (χ4n) is 1.22. The van der Waals surface area contributed by atoms with E-state index in [1.807, 2.05) is 0 Å². The van der Waals surface area contributed by atoms with Gasteiger partial charge in [0.1, 0.15) is 0 Å². The molecule has 0 bridgehead atoms. The van der Waals surface area contributed by atoms with Crippen LogP contribution in [0.4, 0.5) is 4.39 Å². The molecule has 0 aliphatic carbocycles. The third-order valence-corrected chi connectivity index (χ3v) is 2.58. The van der Waals surface area contributed by atoms with Gasteiger partial charge >= 0.3 is 5.97 Å². The third kappa shape index (κ3) is 2.10. The van der Waals surface area contributed by atoms with E-state index in [9.17, 15) is 19.4 Å². The van der Waals surface area contributed by atoms with Gasteiger partial charge in [0.25, 0.3) is 0 Å². The van der Waals surface area contributed by atoms with Crippen LogP contribution in [0.15, 0.2) is 6.07 Å². The first-order valence-electron chi connectivity index (χ1n) is 4.33. The Morgan fingerprint density at radius 1 is 1.62 bits per heavy atom. The molecule has 1 aromatic rings. The molecule has 0 fully saturated rings. The van der Waals surface area contributed by atoms with Crippen LogP contribution >= 0.6 is 11.6 Å². The first kappa shape index (κ1) is 12.7. The highest BCUT2D eigenvalue weighted by Gasteiger charge is 2.25. The molecule has 4 nitrogen and oxygen atoms in total. The van der Waals surface area contributed by atoms with Crippen molar-refractivity contribution in [2.75, 3.05) is 7.11 Å². The molecule has 0 amide bonds. The summed E-state index contributed by atoms with van der Waals surface area (Å²) in [4.78, 5) is 11.0. The van der Waals surface area contributed by atoms with Crippen LogP contribution in [-0.2, 0) is 9.53 Å². The minimum Gasteiger partial charge on any atom is -0.504 e. The molecule has 1 unspecified atom stereocenters. The fraction of sp³-hybridized carbons (Fsp3) is 0.300. The van der Waals surface area contributed by atoms with Crippen LogP contribution in [0.3, 0.4) is 0 Å². The van der Waals surface area contributed by atoms with Gasteiger partial charge in [-0.1, -0.05) is 11.6 Å². The molecular weight excluding hydrogens is 239 g/mol. The Hall–Kier alpha value is -1.33. The summed E-state index contributed by atoms with van der Waals surface area (Å²) in [6.07, 6.45) is -1.79. The number of methoxy groups -OCH3 is 1. The lowest BCUT2D eigenvalue weighted by molar-refractivity contribution is -0.150. The quantitative estimate of drug-likeness (QED) is 0.782. The molecule has 0 saturated heterocycles. The van der Waals surface area contributed by atoms with E-state index in [1.54, 1.807) is 0 Å². The molecule has 88 valence electrons. The van der Waals surface area contributed by atoms with E-state index in [0.29, 0.717) is 5.56 Å². The van der Waals surface area contributed by atoms with Crippen molar-refractivity contribution in [3.63, 3.8) is 0 Å². The van der Waals surface area contributed by atoms with Crippen molar-refractivity contribution in [2.45, 2.75) is 13.0 Å². The number of phenolic OH excluding ortho intramolecular Hbond substituents is 1. The number of esters is 1. The largest absolute Gasteiger partial charge is 0.504 e. The number of aryl methyl sites for hydroxylation is 1. The fourth-order valence-corrected chi connectivity index (χ4v) is 1.35. The van der Waals surface area contributed by atoms with Crippen LogP contribution < -0.4 is 0 Å². The molecule has 2 N–H and O–H groups in total. The van der Waals surface area contributed by atoms with E-state index in [-0.39, 0.29) is 10.6 Å². The standard InChI is InChI=1S/C10H10ClFO4/c1-4-3-5(8(13)10(15)16-2)7(12)9(14)6(4)11/h3,8,13-14H,1-2H3. The lowest BCUT2D eigenvalue weighted by Crippen LogP contribution is -2.15. The van der Waals surface area contributed by atoms with Gasteiger partial charge < -0.3 is 14.9 Å². The zero-order valence-corrected chi connectivity index (χ0v) is 9.38. The molecule has 0 aliphatic rings. The topological polar surface area (TPSA) is 66.8 Å². The number of rotatable bonds is 2. The normalized spacial score (nSPS) is 12.3. The molecule has 0 spiro atoms. The zero-order valence-electron chi connectivity index (χ0n) is 8.62.